The summed E-state index contributed by atoms with van der Waals surface area (Å²) in [5, 5.41) is 1.34. The maximum absolute atomic E-state index is 7.04. The molecule has 5 rings (SSSR count). The van der Waals surface area contributed by atoms with E-state index in [9.17, 15) is 0 Å². The minimum atomic E-state index is 0.467. The molecule has 2 fully saturated rings. The molecule has 6 heteroatoms. The van der Waals surface area contributed by atoms with Crippen molar-refractivity contribution in [3.05, 3.63) is 45.3 Å². The maximum Gasteiger partial charge on any atom is 0.269 e. The second kappa shape index (κ2) is 7.21. The van der Waals surface area contributed by atoms with Gasteiger partial charge in [-0.15, -0.1) is 16.3 Å². The SMILES string of the molecule is [C-]#[N+]c1ccc(N2CCC(c3nc4c(s3)CCN(C3CCC3)CC4)C2)cn1. The molecule has 1 saturated heterocycles. The fourth-order valence-electron chi connectivity index (χ4n) is 4.52. The number of nitrogens with zero attached hydrogens (tertiary/aromatic N) is 5. The first-order valence-electron chi connectivity index (χ1n) is 10.1. The number of hydrogen-bond donors (Lipinski definition) is 0. The minimum Gasteiger partial charge on any atom is -0.368 e. The van der Waals surface area contributed by atoms with Crippen molar-refractivity contribution in [2.75, 3.05) is 31.1 Å². The first-order chi connectivity index (χ1) is 13.3. The van der Waals surface area contributed by atoms with Gasteiger partial charge in [0.25, 0.3) is 5.82 Å². The van der Waals surface area contributed by atoms with Crippen molar-refractivity contribution >= 4 is 22.8 Å². The van der Waals surface area contributed by atoms with E-state index in [0.29, 0.717) is 11.7 Å². The third-order valence-corrected chi connectivity index (χ3v) is 7.72. The monoisotopic (exact) mass is 379 g/mol. The molecule has 1 saturated carbocycles. The summed E-state index contributed by atoms with van der Waals surface area (Å²) in [5.74, 6) is 0.999. The predicted molar refractivity (Wildman–Crippen MR) is 109 cm³/mol. The maximum atomic E-state index is 7.04. The predicted octanol–water partition coefficient (Wildman–Crippen LogP) is 4.04. The van der Waals surface area contributed by atoms with Crippen LogP contribution in [0.25, 0.3) is 4.85 Å². The van der Waals surface area contributed by atoms with Gasteiger partial charge in [-0.05, 0) is 37.8 Å². The van der Waals surface area contributed by atoms with E-state index in [1.165, 1.54) is 54.4 Å². The zero-order valence-electron chi connectivity index (χ0n) is 15.6. The summed E-state index contributed by atoms with van der Waals surface area (Å²) in [6, 6.07) is 4.69. The highest BCUT2D eigenvalue weighted by Crippen LogP contribution is 2.36. The Labute approximate surface area is 164 Å². The largest absolute Gasteiger partial charge is 0.368 e. The second-order valence-electron chi connectivity index (χ2n) is 7.96. The molecule has 1 atom stereocenters. The minimum absolute atomic E-state index is 0.467. The Balaban J connectivity index is 1.25. The molecule has 2 aromatic rings. The number of rotatable bonds is 3. The van der Waals surface area contributed by atoms with E-state index in [1.54, 1.807) is 0 Å². The first-order valence-corrected chi connectivity index (χ1v) is 10.9. The fourth-order valence-corrected chi connectivity index (χ4v) is 5.75. The van der Waals surface area contributed by atoms with Gasteiger partial charge in [-0.1, -0.05) is 13.0 Å². The molecule has 0 spiro atoms. The summed E-state index contributed by atoms with van der Waals surface area (Å²) in [6.07, 6.45) is 9.52. The standard InChI is InChI=1S/C21H25N5S/c1-22-20-6-5-17(13-23-20)26-10-7-15(14-26)21-24-18-8-11-25(16-3-2-4-16)12-9-19(18)27-21/h5-6,13,15-16H,2-4,7-12,14H2. The Morgan fingerprint density at radius 1 is 1.11 bits per heavy atom. The van der Waals surface area contributed by atoms with E-state index < -0.39 is 0 Å². The molecule has 4 heterocycles. The van der Waals surface area contributed by atoms with Gasteiger partial charge in [-0.2, -0.15) is 0 Å². The third kappa shape index (κ3) is 3.35. The number of hydrogen-bond acceptors (Lipinski definition) is 5. The van der Waals surface area contributed by atoms with E-state index in [0.717, 1.165) is 37.7 Å². The highest BCUT2D eigenvalue weighted by atomic mass is 32.1. The van der Waals surface area contributed by atoms with Crippen LogP contribution in [0.4, 0.5) is 11.5 Å². The summed E-state index contributed by atoms with van der Waals surface area (Å²) in [6.45, 7) is 11.5. The summed E-state index contributed by atoms with van der Waals surface area (Å²) in [4.78, 5) is 19.3. The van der Waals surface area contributed by atoms with Crippen LogP contribution < -0.4 is 4.90 Å². The van der Waals surface area contributed by atoms with Crippen molar-refractivity contribution < 1.29 is 0 Å². The van der Waals surface area contributed by atoms with Crippen molar-refractivity contribution in [2.24, 2.45) is 0 Å². The molecule has 0 N–H and O–H groups in total. The molecule has 0 amide bonds. The van der Waals surface area contributed by atoms with E-state index in [-0.39, 0.29) is 0 Å². The van der Waals surface area contributed by atoms with Gasteiger partial charge in [0.05, 0.1) is 16.4 Å². The molecule has 0 aromatic carbocycles. The number of aromatic nitrogens is 2. The van der Waals surface area contributed by atoms with Crippen LogP contribution in [0.1, 0.15) is 47.2 Å². The molecule has 1 unspecified atom stereocenters. The van der Waals surface area contributed by atoms with Gasteiger partial charge in [0, 0.05) is 49.4 Å². The highest BCUT2D eigenvalue weighted by Gasteiger charge is 2.31. The average Bonchev–Trinajstić information content (AvgIpc) is 3.26. The van der Waals surface area contributed by atoms with Crippen molar-refractivity contribution in [3.63, 3.8) is 0 Å². The quantitative estimate of drug-likeness (QED) is 0.755. The Hall–Kier alpha value is -1.97. The lowest BCUT2D eigenvalue weighted by molar-refractivity contribution is 0.133. The Morgan fingerprint density at radius 3 is 2.74 bits per heavy atom. The lowest BCUT2D eigenvalue weighted by Gasteiger charge is -2.36. The number of anilines is 1. The van der Waals surface area contributed by atoms with Gasteiger partial charge in [0.1, 0.15) is 6.20 Å². The van der Waals surface area contributed by atoms with Gasteiger partial charge >= 0.3 is 0 Å². The van der Waals surface area contributed by atoms with E-state index in [4.69, 9.17) is 11.6 Å². The van der Waals surface area contributed by atoms with Crippen molar-refractivity contribution in [1.82, 2.24) is 14.9 Å². The highest BCUT2D eigenvalue weighted by molar-refractivity contribution is 7.11. The smallest absolute Gasteiger partial charge is 0.269 e. The lowest BCUT2D eigenvalue weighted by atomic mass is 9.91. The molecule has 2 aromatic heterocycles. The van der Waals surface area contributed by atoms with E-state index >= 15 is 0 Å². The Bertz CT molecular complexity index is 823. The molecule has 0 radical (unpaired) electrons. The van der Waals surface area contributed by atoms with Crippen LogP contribution in [-0.4, -0.2) is 47.1 Å². The molecule has 2 aliphatic heterocycles. The molecule has 3 aliphatic rings. The molecular weight excluding hydrogens is 354 g/mol. The summed E-state index contributed by atoms with van der Waals surface area (Å²) < 4.78 is 0. The van der Waals surface area contributed by atoms with E-state index in [1.807, 2.05) is 29.7 Å². The molecular formula is C21H25N5S. The van der Waals surface area contributed by atoms with Crippen molar-refractivity contribution in [1.29, 1.82) is 0 Å². The zero-order valence-corrected chi connectivity index (χ0v) is 16.4. The van der Waals surface area contributed by atoms with Gasteiger partial charge in [-0.25, -0.2) is 4.98 Å². The molecule has 1 aliphatic carbocycles. The number of thiazole rings is 1. The van der Waals surface area contributed by atoms with Crippen LogP contribution in [0.5, 0.6) is 0 Å². The van der Waals surface area contributed by atoms with Crippen molar-refractivity contribution in [2.45, 2.75) is 50.5 Å². The second-order valence-corrected chi connectivity index (χ2v) is 9.08. The first kappa shape index (κ1) is 17.2. The van der Waals surface area contributed by atoms with Crippen molar-refractivity contribution in [3.8, 4) is 0 Å². The van der Waals surface area contributed by atoms with Crippen LogP contribution in [0.2, 0.25) is 0 Å². The van der Waals surface area contributed by atoms with Crippen LogP contribution in [0, 0.1) is 6.57 Å². The molecule has 27 heavy (non-hydrogen) atoms. The Morgan fingerprint density at radius 2 is 2.00 bits per heavy atom. The normalized spacial score (nSPS) is 23.5. The number of fused-ring (bicyclic) bond motifs is 1. The fraction of sp³-hybridized carbons (Fsp3) is 0.571. The Kier molecular flexibility index (Phi) is 4.58. The third-order valence-electron chi connectivity index (χ3n) is 6.40. The summed E-state index contributed by atoms with van der Waals surface area (Å²) >= 11 is 1.97. The number of pyridine rings is 1. The molecule has 5 nitrogen and oxygen atoms in total. The summed E-state index contributed by atoms with van der Waals surface area (Å²) in [7, 11) is 0. The summed E-state index contributed by atoms with van der Waals surface area (Å²) in [5.41, 5.74) is 2.50. The van der Waals surface area contributed by atoms with Crippen LogP contribution in [0.15, 0.2) is 18.3 Å². The topological polar surface area (TPSA) is 36.6 Å². The molecule has 0 bridgehead atoms. The molecule has 140 valence electrons. The van der Waals surface area contributed by atoms with Gasteiger partial charge in [-0.3, -0.25) is 4.90 Å². The average molecular weight is 380 g/mol. The van der Waals surface area contributed by atoms with Gasteiger partial charge in [0.15, 0.2) is 0 Å². The van der Waals surface area contributed by atoms with Crippen LogP contribution in [-0.2, 0) is 12.8 Å². The van der Waals surface area contributed by atoms with Crippen LogP contribution in [0.3, 0.4) is 0 Å². The van der Waals surface area contributed by atoms with Crippen LogP contribution >= 0.6 is 11.3 Å². The van der Waals surface area contributed by atoms with E-state index in [2.05, 4.69) is 19.6 Å². The van der Waals surface area contributed by atoms with Gasteiger partial charge < -0.3 is 9.74 Å². The van der Waals surface area contributed by atoms with Gasteiger partial charge in [0.2, 0.25) is 0 Å². The zero-order chi connectivity index (χ0) is 18.2. The lowest BCUT2D eigenvalue weighted by Crippen LogP contribution is -2.41.